The van der Waals surface area contributed by atoms with Crippen molar-refractivity contribution < 1.29 is 4.42 Å². The molecule has 0 saturated carbocycles. The van der Waals surface area contributed by atoms with Crippen LogP contribution >= 0.6 is 0 Å². The SMILES string of the molecule is c1ccc(-c2ccc3c(-c4nc(-c5ccccc5)nc(-c5cccc6ccccc56)n4)cc4c5ccccc5oc4c3c2)cc1. The van der Waals surface area contributed by atoms with Crippen LogP contribution in [0.15, 0.2) is 156 Å². The van der Waals surface area contributed by atoms with E-state index in [2.05, 4.69) is 103 Å². The zero-order chi connectivity index (χ0) is 29.7. The minimum Gasteiger partial charge on any atom is -0.455 e. The molecule has 0 N–H and O–H groups in total. The third-order valence-electron chi connectivity index (χ3n) is 8.52. The zero-order valence-corrected chi connectivity index (χ0v) is 24.2. The number of hydrogen-bond donors (Lipinski definition) is 0. The summed E-state index contributed by atoms with van der Waals surface area (Å²) in [5.41, 5.74) is 6.84. The van der Waals surface area contributed by atoms with Crippen molar-refractivity contribution in [3.8, 4) is 45.3 Å². The first-order chi connectivity index (χ1) is 22.3. The van der Waals surface area contributed by atoms with Crippen LogP contribution in [0.5, 0.6) is 0 Å². The molecule has 0 spiro atoms. The van der Waals surface area contributed by atoms with Crippen LogP contribution in [0.4, 0.5) is 0 Å². The lowest BCUT2D eigenvalue weighted by Crippen LogP contribution is -2.01. The van der Waals surface area contributed by atoms with Gasteiger partial charge in [0.15, 0.2) is 17.5 Å². The molecular weight excluding hydrogens is 550 g/mol. The quantitative estimate of drug-likeness (QED) is 0.209. The Hall–Kier alpha value is -6.13. The van der Waals surface area contributed by atoms with E-state index < -0.39 is 0 Å². The van der Waals surface area contributed by atoms with Gasteiger partial charge in [0.05, 0.1) is 0 Å². The van der Waals surface area contributed by atoms with Crippen molar-refractivity contribution in [2.45, 2.75) is 0 Å². The van der Waals surface area contributed by atoms with Gasteiger partial charge in [0.2, 0.25) is 0 Å². The van der Waals surface area contributed by atoms with Gasteiger partial charge in [-0.2, -0.15) is 0 Å². The van der Waals surface area contributed by atoms with E-state index in [0.29, 0.717) is 17.5 Å². The molecule has 0 atom stereocenters. The van der Waals surface area contributed by atoms with Crippen molar-refractivity contribution in [1.29, 1.82) is 0 Å². The molecule has 0 amide bonds. The largest absolute Gasteiger partial charge is 0.455 e. The molecule has 2 heterocycles. The van der Waals surface area contributed by atoms with E-state index in [1.54, 1.807) is 0 Å². The molecule has 210 valence electrons. The monoisotopic (exact) mass is 575 g/mol. The lowest BCUT2D eigenvalue weighted by molar-refractivity contribution is 0.672. The second kappa shape index (κ2) is 10.2. The third kappa shape index (κ3) is 4.27. The van der Waals surface area contributed by atoms with Gasteiger partial charge in [0.25, 0.3) is 0 Å². The Balaban J connectivity index is 1.37. The smallest absolute Gasteiger partial charge is 0.164 e. The van der Waals surface area contributed by atoms with Gasteiger partial charge in [0, 0.05) is 32.8 Å². The van der Waals surface area contributed by atoms with E-state index in [4.69, 9.17) is 19.4 Å². The van der Waals surface area contributed by atoms with Gasteiger partial charge in [-0.05, 0) is 45.5 Å². The molecule has 0 aliphatic rings. The molecule has 0 aliphatic carbocycles. The van der Waals surface area contributed by atoms with Crippen LogP contribution in [0.25, 0.3) is 88.8 Å². The van der Waals surface area contributed by atoms with Crippen LogP contribution in [-0.4, -0.2) is 15.0 Å². The summed E-state index contributed by atoms with van der Waals surface area (Å²) >= 11 is 0. The Morgan fingerprint density at radius 1 is 0.356 bits per heavy atom. The minimum atomic E-state index is 0.622. The molecule has 4 nitrogen and oxygen atoms in total. The maximum absolute atomic E-state index is 6.53. The Morgan fingerprint density at radius 3 is 1.80 bits per heavy atom. The van der Waals surface area contributed by atoms with Crippen molar-refractivity contribution in [1.82, 2.24) is 15.0 Å². The highest BCUT2D eigenvalue weighted by Crippen LogP contribution is 2.41. The lowest BCUT2D eigenvalue weighted by Gasteiger charge is -2.13. The molecule has 0 unspecified atom stereocenters. The van der Waals surface area contributed by atoms with Crippen molar-refractivity contribution in [2.24, 2.45) is 0 Å². The van der Waals surface area contributed by atoms with Gasteiger partial charge >= 0.3 is 0 Å². The second-order valence-electron chi connectivity index (χ2n) is 11.2. The summed E-state index contributed by atoms with van der Waals surface area (Å²) in [5, 5.41) is 6.39. The van der Waals surface area contributed by atoms with Crippen molar-refractivity contribution in [3.05, 3.63) is 152 Å². The third-order valence-corrected chi connectivity index (χ3v) is 8.52. The van der Waals surface area contributed by atoms with Crippen LogP contribution in [0, 0.1) is 0 Å². The molecule has 0 bridgehead atoms. The number of fused-ring (bicyclic) bond motifs is 6. The van der Waals surface area contributed by atoms with Gasteiger partial charge in [-0.15, -0.1) is 0 Å². The van der Waals surface area contributed by atoms with Crippen LogP contribution in [0.2, 0.25) is 0 Å². The Kier molecular flexibility index (Phi) is 5.78. The van der Waals surface area contributed by atoms with Gasteiger partial charge in [-0.25, -0.2) is 15.0 Å². The minimum absolute atomic E-state index is 0.622. The molecule has 0 saturated heterocycles. The molecule has 2 aromatic heterocycles. The van der Waals surface area contributed by atoms with Crippen LogP contribution < -0.4 is 0 Å². The fourth-order valence-corrected chi connectivity index (χ4v) is 6.35. The highest BCUT2D eigenvalue weighted by molar-refractivity contribution is 6.19. The summed E-state index contributed by atoms with van der Waals surface area (Å²) in [7, 11) is 0. The van der Waals surface area contributed by atoms with Crippen LogP contribution in [0.3, 0.4) is 0 Å². The molecule has 0 aliphatic heterocycles. The average Bonchev–Trinajstić information content (AvgIpc) is 3.50. The highest BCUT2D eigenvalue weighted by atomic mass is 16.3. The van der Waals surface area contributed by atoms with E-state index in [-0.39, 0.29) is 0 Å². The maximum Gasteiger partial charge on any atom is 0.164 e. The van der Waals surface area contributed by atoms with Crippen molar-refractivity contribution in [3.63, 3.8) is 0 Å². The van der Waals surface area contributed by atoms with Gasteiger partial charge in [-0.3, -0.25) is 0 Å². The van der Waals surface area contributed by atoms with Crippen LogP contribution in [-0.2, 0) is 0 Å². The van der Waals surface area contributed by atoms with E-state index in [1.165, 1.54) is 0 Å². The fourth-order valence-electron chi connectivity index (χ4n) is 6.35. The van der Waals surface area contributed by atoms with E-state index in [0.717, 1.165) is 71.3 Å². The number of aromatic nitrogens is 3. The summed E-state index contributed by atoms with van der Waals surface area (Å²) < 4.78 is 6.53. The standard InChI is InChI=1S/C41H25N3O/c1-3-12-26(13-4-1)29-22-23-31-34(24-29)38-35(32-19-9-10-21-37(32)45-38)25-36(31)41-43-39(28-15-5-2-6-16-28)42-40(44-41)33-20-11-17-27-14-7-8-18-30(27)33/h1-25H. The molecule has 0 radical (unpaired) electrons. The first-order valence-electron chi connectivity index (χ1n) is 15.0. The van der Waals surface area contributed by atoms with Gasteiger partial charge < -0.3 is 4.42 Å². The van der Waals surface area contributed by atoms with E-state index in [9.17, 15) is 0 Å². The number of furan rings is 1. The normalized spacial score (nSPS) is 11.6. The second-order valence-corrected chi connectivity index (χ2v) is 11.2. The molecule has 9 aromatic rings. The number of nitrogens with zero attached hydrogens (tertiary/aromatic N) is 3. The van der Waals surface area contributed by atoms with Crippen molar-refractivity contribution >= 4 is 43.5 Å². The van der Waals surface area contributed by atoms with E-state index in [1.807, 2.05) is 48.5 Å². The van der Waals surface area contributed by atoms with Crippen molar-refractivity contribution in [2.75, 3.05) is 0 Å². The first kappa shape index (κ1) is 25.4. The zero-order valence-electron chi connectivity index (χ0n) is 24.2. The van der Waals surface area contributed by atoms with Crippen LogP contribution in [0.1, 0.15) is 0 Å². The fraction of sp³-hybridized carbons (Fsp3) is 0. The van der Waals surface area contributed by atoms with Gasteiger partial charge in [-0.1, -0.05) is 133 Å². The summed E-state index contributed by atoms with van der Waals surface area (Å²) in [6.45, 7) is 0. The summed E-state index contributed by atoms with van der Waals surface area (Å²) in [4.78, 5) is 15.4. The number of hydrogen-bond acceptors (Lipinski definition) is 4. The summed E-state index contributed by atoms with van der Waals surface area (Å²) in [6, 6.07) is 52.1. The predicted octanol–water partition coefficient (Wildman–Crippen LogP) is 10.7. The average molecular weight is 576 g/mol. The van der Waals surface area contributed by atoms with E-state index >= 15 is 0 Å². The molecule has 0 fully saturated rings. The topological polar surface area (TPSA) is 51.8 Å². The molecular formula is C41H25N3O. The first-order valence-corrected chi connectivity index (χ1v) is 15.0. The number of rotatable bonds is 4. The Bertz CT molecular complexity index is 2530. The number of benzene rings is 7. The summed E-state index contributed by atoms with van der Waals surface area (Å²) in [6.07, 6.45) is 0. The van der Waals surface area contributed by atoms with Gasteiger partial charge in [0.1, 0.15) is 11.2 Å². The Labute approximate surface area is 259 Å². The maximum atomic E-state index is 6.53. The summed E-state index contributed by atoms with van der Waals surface area (Å²) in [5.74, 6) is 1.90. The predicted molar refractivity (Wildman–Crippen MR) is 184 cm³/mol. The molecule has 45 heavy (non-hydrogen) atoms. The number of para-hydroxylation sites is 1. The molecule has 7 aromatic carbocycles. The molecule has 9 rings (SSSR count). The molecule has 4 heteroatoms. The highest BCUT2D eigenvalue weighted by Gasteiger charge is 2.20. The lowest BCUT2D eigenvalue weighted by atomic mass is 9.95. The Morgan fingerprint density at radius 2 is 0.978 bits per heavy atom.